The van der Waals surface area contributed by atoms with Crippen molar-refractivity contribution < 1.29 is 24.9 Å². The minimum absolute atomic E-state index is 0.0107. The number of carbonyl (C=O) groups is 1. The van der Waals surface area contributed by atoms with Crippen LogP contribution in [0.5, 0.6) is 5.75 Å². The number of benzene rings is 2. The Kier molecular flexibility index (Phi) is 6.05. The number of amides is 1. The zero-order valence-electron chi connectivity index (χ0n) is 19.0. The number of aromatic hydroxyl groups is 1. The Morgan fingerprint density at radius 1 is 1.19 bits per heavy atom. The molecule has 0 bridgehead atoms. The zero-order chi connectivity index (χ0) is 23.1. The van der Waals surface area contributed by atoms with Gasteiger partial charge in [-0.1, -0.05) is 50.2 Å². The van der Waals surface area contributed by atoms with Gasteiger partial charge in [-0.3, -0.25) is 4.79 Å². The number of phenolic OH excluding ortho intramolecular Hbond substituents is 1. The highest BCUT2D eigenvalue weighted by atomic mass is 16.5. The highest BCUT2D eigenvalue weighted by Gasteiger charge is 2.51. The quantitative estimate of drug-likeness (QED) is 0.569. The molecule has 0 saturated heterocycles. The van der Waals surface area contributed by atoms with Gasteiger partial charge in [0.05, 0.1) is 17.4 Å². The van der Waals surface area contributed by atoms with Crippen LogP contribution in [-0.4, -0.2) is 40.5 Å². The number of carbonyl (C=O) groups excluding carboxylic acids is 1. The van der Waals surface area contributed by atoms with Gasteiger partial charge in [-0.25, -0.2) is 0 Å². The molecule has 0 aromatic heterocycles. The van der Waals surface area contributed by atoms with Gasteiger partial charge in [0.1, 0.15) is 5.75 Å². The Labute approximate surface area is 189 Å². The number of fused-ring (bicyclic) bond motifs is 1. The smallest absolute Gasteiger partial charge is 0.257 e. The molecular formula is C26H33NO5. The van der Waals surface area contributed by atoms with Gasteiger partial charge in [0.2, 0.25) is 0 Å². The Balaban J connectivity index is 1.71. The maximum atomic E-state index is 12.7. The summed E-state index contributed by atoms with van der Waals surface area (Å²) in [5.74, 6) is -0.212. The van der Waals surface area contributed by atoms with Crippen molar-refractivity contribution in [1.29, 1.82) is 0 Å². The summed E-state index contributed by atoms with van der Waals surface area (Å²) in [5.41, 5.74) is 0.129. The number of methoxy groups -OCH3 is 1. The summed E-state index contributed by atoms with van der Waals surface area (Å²) in [7, 11) is 1.38. The number of ether oxygens (including phenoxy) is 1. The monoisotopic (exact) mass is 439 g/mol. The van der Waals surface area contributed by atoms with Gasteiger partial charge in [-0.2, -0.15) is 0 Å². The fourth-order valence-electron chi connectivity index (χ4n) is 5.57. The summed E-state index contributed by atoms with van der Waals surface area (Å²) >= 11 is 0. The van der Waals surface area contributed by atoms with E-state index in [4.69, 9.17) is 4.74 Å². The first-order chi connectivity index (χ1) is 15.2. The molecule has 32 heavy (non-hydrogen) atoms. The van der Waals surface area contributed by atoms with Crippen LogP contribution >= 0.6 is 0 Å². The first kappa shape index (κ1) is 22.8. The van der Waals surface area contributed by atoms with Crippen LogP contribution in [0.25, 0.3) is 0 Å². The third-order valence-electron chi connectivity index (χ3n) is 7.48. The predicted molar refractivity (Wildman–Crippen MR) is 122 cm³/mol. The van der Waals surface area contributed by atoms with E-state index in [0.29, 0.717) is 17.7 Å². The largest absolute Gasteiger partial charge is 0.507 e. The third kappa shape index (κ3) is 3.81. The predicted octanol–water partition coefficient (Wildman–Crippen LogP) is 3.72. The number of rotatable bonds is 5. The van der Waals surface area contributed by atoms with Crippen molar-refractivity contribution in [1.82, 2.24) is 0 Å². The Morgan fingerprint density at radius 3 is 2.56 bits per heavy atom. The molecule has 0 spiro atoms. The van der Waals surface area contributed by atoms with Crippen molar-refractivity contribution >= 4 is 11.6 Å². The Bertz CT molecular complexity index is 993. The second kappa shape index (κ2) is 8.50. The number of phenols is 1. The molecule has 1 heterocycles. The average Bonchev–Trinajstić information content (AvgIpc) is 2.77. The molecule has 1 fully saturated rings. The minimum atomic E-state index is -1.82. The number of hydrogen-bond acceptors (Lipinski definition) is 5. The standard InChI is InChI=1S/C26H33NO5/c1-16-15-25(2,14-12-20(16)28)13-11-17-9-10-19-21(22(17)29)26(31,18-7-5-4-6-8-18)23(32-3)24(30)27-19/h4-10,16,20,23,28-29,31H,11-15H2,1-3H3,(H,27,30)/t16-,20-,23+,25+,26-/m0/s1. The number of aliphatic hydroxyl groups excluding tert-OH is 1. The van der Waals surface area contributed by atoms with E-state index in [1.54, 1.807) is 30.3 Å². The van der Waals surface area contributed by atoms with E-state index >= 15 is 0 Å². The molecule has 2 aromatic rings. The molecule has 172 valence electrons. The van der Waals surface area contributed by atoms with E-state index < -0.39 is 17.6 Å². The average molecular weight is 440 g/mol. The fourth-order valence-corrected chi connectivity index (χ4v) is 5.57. The normalized spacial score (nSPS) is 32.3. The number of nitrogens with one attached hydrogen (secondary N) is 1. The Morgan fingerprint density at radius 2 is 1.91 bits per heavy atom. The van der Waals surface area contributed by atoms with Crippen molar-refractivity contribution in [3.8, 4) is 5.75 Å². The molecule has 2 aliphatic rings. The van der Waals surface area contributed by atoms with Gasteiger partial charge in [0.15, 0.2) is 11.7 Å². The fraction of sp³-hybridized carbons (Fsp3) is 0.500. The van der Waals surface area contributed by atoms with Crippen LogP contribution in [0.15, 0.2) is 42.5 Å². The maximum Gasteiger partial charge on any atom is 0.257 e. The van der Waals surface area contributed by atoms with Crippen molar-refractivity contribution in [2.24, 2.45) is 11.3 Å². The van der Waals surface area contributed by atoms with E-state index in [-0.39, 0.29) is 28.7 Å². The number of aryl methyl sites for hydroxylation is 1. The van der Waals surface area contributed by atoms with Crippen molar-refractivity contribution in [3.05, 3.63) is 59.2 Å². The van der Waals surface area contributed by atoms with Crippen LogP contribution in [0.1, 0.15) is 56.2 Å². The lowest BCUT2D eigenvalue weighted by Gasteiger charge is -2.41. The van der Waals surface area contributed by atoms with Crippen LogP contribution in [-0.2, 0) is 21.6 Å². The SMILES string of the molecule is CO[C@@H]1C(=O)Nc2ccc(CC[C@]3(C)CC[C@H](O)[C@@H](C)C3)c(O)c2[C@@]1(O)c1ccccc1. The minimum Gasteiger partial charge on any atom is -0.507 e. The van der Waals surface area contributed by atoms with Crippen molar-refractivity contribution in [2.45, 2.75) is 63.8 Å². The highest BCUT2D eigenvalue weighted by molar-refractivity contribution is 6.00. The van der Waals surface area contributed by atoms with Gasteiger partial charge in [0, 0.05) is 7.11 Å². The van der Waals surface area contributed by atoms with E-state index in [0.717, 1.165) is 31.2 Å². The van der Waals surface area contributed by atoms with Crippen LogP contribution in [0.2, 0.25) is 0 Å². The third-order valence-corrected chi connectivity index (χ3v) is 7.48. The first-order valence-electron chi connectivity index (χ1n) is 11.3. The second-order valence-corrected chi connectivity index (χ2v) is 9.83. The molecule has 1 saturated carbocycles. The number of aliphatic hydroxyl groups is 2. The van der Waals surface area contributed by atoms with Gasteiger partial charge in [-0.15, -0.1) is 0 Å². The molecule has 4 N–H and O–H groups in total. The van der Waals surface area contributed by atoms with Gasteiger partial charge in [-0.05, 0) is 60.6 Å². The molecule has 0 unspecified atom stereocenters. The topological polar surface area (TPSA) is 99.0 Å². The van der Waals surface area contributed by atoms with Gasteiger partial charge < -0.3 is 25.4 Å². The Hall–Kier alpha value is -2.41. The van der Waals surface area contributed by atoms with Gasteiger partial charge >= 0.3 is 0 Å². The van der Waals surface area contributed by atoms with Crippen LogP contribution in [0, 0.1) is 11.3 Å². The highest BCUT2D eigenvalue weighted by Crippen LogP contribution is 2.49. The molecular weight excluding hydrogens is 406 g/mol. The molecule has 0 radical (unpaired) electrons. The van der Waals surface area contributed by atoms with E-state index in [9.17, 15) is 20.1 Å². The summed E-state index contributed by atoms with van der Waals surface area (Å²) in [6, 6.07) is 12.4. The zero-order valence-corrected chi connectivity index (χ0v) is 19.0. The number of hydrogen-bond donors (Lipinski definition) is 4. The van der Waals surface area contributed by atoms with E-state index in [1.807, 2.05) is 12.1 Å². The van der Waals surface area contributed by atoms with Gasteiger partial charge in [0.25, 0.3) is 5.91 Å². The molecule has 1 aliphatic heterocycles. The summed E-state index contributed by atoms with van der Waals surface area (Å²) in [6.07, 6.45) is 2.74. The summed E-state index contributed by atoms with van der Waals surface area (Å²) < 4.78 is 5.42. The number of anilines is 1. The second-order valence-electron chi connectivity index (χ2n) is 9.83. The molecule has 6 nitrogen and oxygen atoms in total. The summed E-state index contributed by atoms with van der Waals surface area (Å²) in [6.45, 7) is 4.33. The molecule has 1 aliphatic carbocycles. The van der Waals surface area contributed by atoms with Crippen molar-refractivity contribution in [3.63, 3.8) is 0 Å². The summed E-state index contributed by atoms with van der Waals surface area (Å²) in [5, 5.41) is 36.1. The molecule has 5 atom stereocenters. The molecule has 1 amide bonds. The van der Waals surface area contributed by atoms with Crippen molar-refractivity contribution in [2.75, 3.05) is 12.4 Å². The molecule has 2 aromatic carbocycles. The lowest BCUT2D eigenvalue weighted by atomic mass is 9.67. The molecule has 4 rings (SSSR count). The lowest BCUT2D eigenvalue weighted by Crippen LogP contribution is -2.52. The first-order valence-corrected chi connectivity index (χ1v) is 11.3. The van der Waals surface area contributed by atoms with E-state index in [1.165, 1.54) is 7.11 Å². The van der Waals surface area contributed by atoms with Crippen LogP contribution in [0.3, 0.4) is 0 Å². The van der Waals surface area contributed by atoms with Crippen LogP contribution in [0.4, 0.5) is 5.69 Å². The maximum absolute atomic E-state index is 12.7. The van der Waals surface area contributed by atoms with Crippen LogP contribution < -0.4 is 5.32 Å². The summed E-state index contributed by atoms with van der Waals surface area (Å²) in [4.78, 5) is 12.7. The van der Waals surface area contributed by atoms with E-state index in [2.05, 4.69) is 19.2 Å². The molecule has 6 heteroatoms. The lowest BCUT2D eigenvalue weighted by molar-refractivity contribution is -0.142.